The average molecular weight is 410 g/mol. The van der Waals surface area contributed by atoms with Crippen molar-refractivity contribution in [2.24, 2.45) is 0 Å². The molecule has 4 rings (SSSR count). The predicted molar refractivity (Wildman–Crippen MR) is 90.8 cm³/mol. The van der Waals surface area contributed by atoms with Gasteiger partial charge in [0.15, 0.2) is 23.2 Å². The first-order valence-corrected chi connectivity index (χ1v) is 8.64. The fraction of sp³-hybridized carbons (Fsp3) is 0.412. The number of ether oxygens (including phenoxy) is 2. The maximum Gasteiger partial charge on any atom is 0.195 e. The van der Waals surface area contributed by atoms with Crippen molar-refractivity contribution >= 4 is 0 Å². The van der Waals surface area contributed by atoms with Gasteiger partial charge in [-0.1, -0.05) is 10.4 Å². The van der Waals surface area contributed by atoms with Crippen LogP contribution < -0.4 is 0 Å². The molecule has 1 saturated heterocycles. The smallest absolute Gasteiger partial charge is 0.195 e. The Hall–Kier alpha value is -2.83. The van der Waals surface area contributed by atoms with Crippen molar-refractivity contribution in [2.45, 2.75) is 30.9 Å². The number of aliphatic hydroxyl groups excluding tert-OH is 1. The van der Waals surface area contributed by atoms with Gasteiger partial charge in [-0.2, -0.15) is 0 Å². The normalized spacial score (nSPS) is 27.3. The number of hydrogen-bond donors (Lipinski definition) is 1. The molecule has 3 aromatic rings. The molecule has 1 aliphatic heterocycles. The molecular weight excluding hydrogens is 393 g/mol. The van der Waals surface area contributed by atoms with Crippen molar-refractivity contribution in [3.05, 3.63) is 48.2 Å². The summed E-state index contributed by atoms with van der Waals surface area (Å²) in [7, 11) is 1.44. The molecule has 0 amide bonds. The van der Waals surface area contributed by atoms with Gasteiger partial charge in [-0.15, -0.1) is 10.2 Å². The van der Waals surface area contributed by atoms with Crippen LogP contribution in [0.4, 0.5) is 13.2 Å². The molecule has 1 aliphatic rings. The van der Waals surface area contributed by atoms with Crippen LogP contribution in [-0.2, 0) is 15.2 Å². The molecule has 2 aromatic heterocycles. The van der Waals surface area contributed by atoms with Crippen LogP contribution in [0, 0.1) is 17.5 Å². The summed E-state index contributed by atoms with van der Waals surface area (Å²) in [5.41, 5.74) is -1.57. The first-order chi connectivity index (χ1) is 13.9. The third kappa shape index (κ3) is 3.09. The van der Waals surface area contributed by atoms with E-state index < -0.39 is 41.4 Å². The van der Waals surface area contributed by atoms with Crippen LogP contribution in [0.25, 0.3) is 11.3 Å². The number of aromatic nitrogens is 6. The van der Waals surface area contributed by atoms with Gasteiger partial charge in [-0.25, -0.2) is 22.5 Å². The van der Waals surface area contributed by atoms with Gasteiger partial charge >= 0.3 is 0 Å². The Labute approximate surface area is 162 Å². The Morgan fingerprint density at radius 2 is 2.03 bits per heavy atom. The SMILES string of the molecule is COC1COC(C)(n2ccnn2)C(O)C1n1cc(-c2ccc(F)c(F)c2F)nn1. The third-order valence-electron chi connectivity index (χ3n) is 5.10. The number of benzene rings is 1. The van der Waals surface area contributed by atoms with Crippen LogP contribution in [-0.4, -0.2) is 61.0 Å². The summed E-state index contributed by atoms with van der Waals surface area (Å²) in [4.78, 5) is 0. The lowest BCUT2D eigenvalue weighted by atomic mass is 9.93. The van der Waals surface area contributed by atoms with Crippen molar-refractivity contribution in [3.63, 3.8) is 0 Å². The molecule has 12 heteroatoms. The third-order valence-corrected chi connectivity index (χ3v) is 5.10. The predicted octanol–water partition coefficient (Wildman–Crippen LogP) is 1.27. The summed E-state index contributed by atoms with van der Waals surface area (Å²) < 4.78 is 54.8. The molecule has 0 aliphatic carbocycles. The van der Waals surface area contributed by atoms with E-state index in [0.29, 0.717) is 0 Å². The van der Waals surface area contributed by atoms with Gasteiger partial charge in [-0.3, -0.25) is 0 Å². The van der Waals surface area contributed by atoms with E-state index in [4.69, 9.17) is 9.47 Å². The quantitative estimate of drug-likeness (QED) is 0.647. The number of halogens is 3. The van der Waals surface area contributed by atoms with E-state index in [1.165, 1.54) is 35.1 Å². The van der Waals surface area contributed by atoms with Gasteiger partial charge in [0.25, 0.3) is 0 Å². The molecule has 4 atom stereocenters. The van der Waals surface area contributed by atoms with E-state index >= 15 is 0 Å². The first-order valence-electron chi connectivity index (χ1n) is 8.64. The largest absolute Gasteiger partial charge is 0.386 e. The van der Waals surface area contributed by atoms with Crippen molar-refractivity contribution in [2.75, 3.05) is 13.7 Å². The number of rotatable bonds is 4. The fourth-order valence-electron chi connectivity index (χ4n) is 3.39. The van der Waals surface area contributed by atoms with E-state index in [0.717, 1.165) is 12.1 Å². The summed E-state index contributed by atoms with van der Waals surface area (Å²) in [5, 5.41) is 26.5. The highest BCUT2D eigenvalue weighted by atomic mass is 19.2. The minimum Gasteiger partial charge on any atom is -0.386 e. The van der Waals surface area contributed by atoms with Crippen LogP contribution in [0.3, 0.4) is 0 Å². The Morgan fingerprint density at radius 1 is 1.24 bits per heavy atom. The summed E-state index contributed by atoms with van der Waals surface area (Å²) >= 11 is 0. The highest BCUT2D eigenvalue weighted by Crippen LogP contribution is 2.37. The summed E-state index contributed by atoms with van der Waals surface area (Å²) in [5.74, 6) is -4.28. The van der Waals surface area contributed by atoms with Gasteiger partial charge in [-0.05, 0) is 19.1 Å². The van der Waals surface area contributed by atoms with Crippen molar-refractivity contribution in [1.82, 2.24) is 30.0 Å². The lowest BCUT2D eigenvalue weighted by molar-refractivity contribution is -0.253. The molecule has 29 heavy (non-hydrogen) atoms. The highest BCUT2D eigenvalue weighted by molar-refractivity contribution is 5.58. The second-order valence-corrected chi connectivity index (χ2v) is 6.73. The average Bonchev–Trinajstić information content (AvgIpc) is 3.41. The van der Waals surface area contributed by atoms with Crippen molar-refractivity contribution < 1.29 is 27.8 Å². The van der Waals surface area contributed by atoms with Crippen LogP contribution >= 0.6 is 0 Å². The standard InChI is InChI=1S/C17H17F3N6O3/c1-17(26-6-5-21-23-26)16(27)15(12(28-2)8-29-17)25-7-11(22-24-25)9-3-4-10(18)14(20)13(9)19/h3-7,12,15-16,27H,8H2,1-2H3. The van der Waals surface area contributed by atoms with Crippen LogP contribution in [0.1, 0.15) is 13.0 Å². The number of aliphatic hydroxyl groups is 1. The Balaban J connectivity index is 1.72. The van der Waals surface area contributed by atoms with E-state index in [9.17, 15) is 18.3 Å². The Kier molecular flexibility index (Phi) is 4.84. The number of nitrogens with zero attached hydrogens (tertiary/aromatic N) is 6. The minimum atomic E-state index is -1.60. The van der Waals surface area contributed by atoms with E-state index in [1.807, 2.05) is 0 Å². The molecule has 0 radical (unpaired) electrons. The highest BCUT2D eigenvalue weighted by Gasteiger charge is 2.51. The molecule has 154 valence electrons. The van der Waals surface area contributed by atoms with Crippen molar-refractivity contribution in [1.29, 1.82) is 0 Å². The fourth-order valence-corrected chi connectivity index (χ4v) is 3.39. The van der Waals surface area contributed by atoms with E-state index in [-0.39, 0.29) is 17.9 Å². The monoisotopic (exact) mass is 410 g/mol. The van der Waals surface area contributed by atoms with Gasteiger partial charge in [0, 0.05) is 18.9 Å². The molecule has 9 nitrogen and oxygen atoms in total. The zero-order chi connectivity index (χ0) is 20.8. The summed E-state index contributed by atoms with van der Waals surface area (Å²) in [6.45, 7) is 1.71. The molecular formula is C17H17F3N6O3. The van der Waals surface area contributed by atoms with Crippen molar-refractivity contribution in [3.8, 4) is 11.3 Å². The minimum absolute atomic E-state index is 0.0302. The molecule has 0 bridgehead atoms. The zero-order valence-electron chi connectivity index (χ0n) is 15.4. The first kappa shape index (κ1) is 19.5. The molecule has 1 aromatic carbocycles. The second-order valence-electron chi connectivity index (χ2n) is 6.73. The van der Waals surface area contributed by atoms with Gasteiger partial charge in [0.05, 0.1) is 19.0 Å². The topological polar surface area (TPSA) is 100 Å². The van der Waals surface area contributed by atoms with E-state index in [2.05, 4.69) is 20.6 Å². The molecule has 1 N–H and O–H groups in total. The summed E-state index contributed by atoms with van der Waals surface area (Å²) in [6.07, 6.45) is 2.47. The zero-order valence-corrected chi connectivity index (χ0v) is 15.4. The molecule has 0 spiro atoms. The maximum absolute atomic E-state index is 14.1. The van der Waals surface area contributed by atoms with Crippen LogP contribution in [0.15, 0.2) is 30.7 Å². The van der Waals surface area contributed by atoms with Crippen LogP contribution in [0.2, 0.25) is 0 Å². The Bertz CT molecular complexity index is 1010. The van der Waals surface area contributed by atoms with Gasteiger partial charge in [0.2, 0.25) is 0 Å². The molecule has 1 fully saturated rings. The second kappa shape index (κ2) is 7.21. The van der Waals surface area contributed by atoms with Crippen LogP contribution in [0.5, 0.6) is 0 Å². The maximum atomic E-state index is 14.1. The Morgan fingerprint density at radius 3 is 2.72 bits per heavy atom. The lowest BCUT2D eigenvalue weighted by Crippen LogP contribution is -2.58. The van der Waals surface area contributed by atoms with Gasteiger partial charge in [0.1, 0.15) is 23.9 Å². The van der Waals surface area contributed by atoms with Gasteiger partial charge < -0.3 is 14.6 Å². The summed E-state index contributed by atoms with van der Waals surface area (Å²) in [6, 6.07) is 1.07. The molecule has 4 unspecified atom stereocenters. The molecule has 0 saturated carbocycles. The molecule has 3 heterocycles. The van der Waals surface area contributed by atoms with E-state index in [1.54, 1.807) is 6.92 Å². The lowest BCUT2D eigenvalue weighted by Gasteiger charge is -2.45. The number of methoxy groups -OCH3 is 1. The number of hydrogen-bond acceptors (Lipinski definition) is 7.